The Bertz CT molecular complexity index is 304. The first-order valence-electron chi connectivity index (χ1n) is 7.29. The van der Waals surface area contributed by atoms with E-state index in [1.807, 2.05) is 11.8 Å². The predicted molar refractivity (Wildman–Crippen MR) is 73.2 cm³/mol. The summed E-state index contributed by atoms with van der Waals surface area (Å²) in [6.45, 7) is 10.0. The molecule has 1 saturated carbocycles. The Kier molecular flexibility index (Phi) is 3.97. The molecule has 1 amide bonds. The zero-order valence-electron chi connectivity index (χ0n) is 12.0. The van der Waals surface area contributed by atoms with Gasteiger partial charge in [-0.3, -0.25) is 9.69 Å². The van der Waals surface area contributed by atoms with E-state index in [4.69, 9.17) is 5.73 Å². The highest BCUT2D eigenvalue weighted by atomic mass is 16.2. The van der Waals surface area contributed by atoms with Gasteiger partial charge in [0.1, 0.15) is 0 Å². The average Bonchev–Trinajstić information content (AvgIpc) is 3.21. The quantitative estimate of drug-likeness (QED) is 0.815. The molecule has 0 aromatic rings. The van der Waals surface area contributed by atoms with Crippen LogP contribution in [0.5, 0.6) is 0 Å². The van der Waals surface area contributed by atoms with Crippen LogP contribution in [-0.2, 0) is 4.79 Å². The van der Waals surface area contributed by atoms with Gasteiger partial charge in [0, 0.05) is 32.2 Å². The van der Waals surface area contributed by atoms with Crippen molar-refractivity contribution in [3.05, 3.63) is 0 Å². The first-order chi connectivity index (χ1) is 8.46. The summed E-state index contributed by atoms with van der Waals surface area (Å²) < 4.78 is 0. The molecule has 2 rings (SSSR count). The van der Waals surface area contributed by atoms with E-state index in [2.05, 4.69) is 18.7 Å². The Hall–Kier alpha value is -0.610. The van der Waals surface area contributed by atoms with E-state index in [-0.39, 0.29) is 5.91 Å². The Morgan fingerprint density at radius 1 is 1.33 bits per heavy atom. The van der Waals surface area contributed by atoms with Crippen LogP contribution < -0.4 is 5.73 Å². The second-order valence-electron chi connectivity index (χ2n) is 6.14. The third kappa shape index (κ3) is 2.69. The monoisotopic (exact) mass is 253 g/mol. The lowest BCUT2D eigenvalue weighted by molar-refractivity contribution is -0.139. The van der Waals surface area contributed by atoms with Gasteiger partial charge in [0.15, 0.2) is 0 Å². The summed E-state index contributed by atoms with van der Waals surface area (Å²) in [4.78, 5) is 16.9. The molecule has 2 aliphatic rings. The molecule has 0 aromatic carbocycles. The zero-order chi connectivity index (χ0) is 13.3. The maximum absolute atomic E-state index is 12.4. The summed E-state index contributed by atoms with van der Waals surface area (Å²) in [6.07, 6.45) is 3.40. The molecule has 0 spiro atoms. The molecule has 0 bridgehead atoms. The lowest BCUT2D eigenvalue weighted by atomic mass is 9.95. The second kappa shape index (κ2) is 5.17. The fourth-order valence-corrected chi connectivity index (χ4v) is 2.82. The molecule has 1 heterocycles. The highest BCUT2D eigenvalue weighted by Crippen LogP contribution is 2.39. The van der Waals surface area contributed by atoms with Gasteiger partial charge in [-0.05, 0) is 39.0 Å². The number of carbonyl (C=O) groups excluding carboxylic acids is 1. The van der Waals surface area contributed by atoms with E-state index in [1.165, 1.54) is 6.42 Å². The third-order valence-electron chi connectivity index (χ3n) is 4.70. The van der Waals surface area contributed by atoms with Crippen molar-refractivity contribution >= 4 is 5.91 Å². The Morgan fingerprint density at radius 3 is 2.33 bits per heavy atom. The van der Waals surface area contributed by atoms with E-state index < -0.39 is 5.54 Å². The minimum atomic E-state index is -0.626. The van der Waals surface area contributed by atoms with Crippen molar-refractivity contribution in [3.63, 3.8) is 0 Å². The van der Waals surface area contributed by atoms with Gasteiger partial charge in [-0.1, -0.05) is 6.92 Å². The van der Waals surface area contributed by atoms with Gasteiger partial charge in [0.25, 0.3) is 0 Å². The van der Waals surface area contributed by atoms with Gasteiger partial charge < -0.3 is 10.6 Å². The molecule has 2 fully saturated rings. The van der Waals surface area contributed by atoms with Gasteiger partial charge in [0.05, 0.1) is 5.54 Å². The molecule has 0 radical (unpaired) electrons. The Balaban J connectivity index is 1.87. The number of nitrogens with two attached hydrogens (primary N) is 1. The molecule has 104 valence electrons. The van der Waals surface area contributed by atoms with Crippen LogP contribution in [0.1, 0.15) is 40.0 Å². The van der Waals surface area contributed by atoms with Gasteiger partial charge in [-0.15, -0.1) is 0 Å². The fourth-order valence-electron chi connectivity index (χ4n) is 2.82. The molecule has 1 aliphatic carbocycles. The fraction of sp³-hybridized carbons (Fsp3) is 0.929. The van der Waals surface area contributed by atoms with Gasteiger partial charge in [0.2, 0.25) is 5.91 Å². The summed E-state index contributed by atoms with van der Waals surface area (Å²) >= 11 is 0. The molecule has 0 aromatic heterocycles. The molecular formula is C14H27N3O. The van der Waals surface area contributed by atoms with Crippen molar-refractivity contribution < 1.29 is 4.79 Å². The second-order valence-corrected chi connectivity index (χ2v) is 6.14. The van der Waals surface area contributed by atoms with Crippen molar-refractivity contribution in [2.24, 2.45) is 11.7 Å². The van der Waals surface area contributed by atoms with E-state index in [0.29, 0.717) is 12.0 Å². The smallest absolute Gasteiger partial charge is 0.242 e. The summed E-state index contributed by atoms with van der Waals surface area (Å²) in [5.74, 6) is 0.575. The lowest BCUT2D eigenvalue weighted by Crippen LogP contribution is -2.60. The van der Waals surface area contributed by atoms with E-state index in [1.54, 1.807) is 0 Å². The molecule has 4 heteroatoms. The maximum atomic E-state index is 12.4. The zero-order valence-corrected chi connectivity index (χ0v) is 12.0. The van der Waals surface area contributed by atoms with Crippen molar-refractivity contribution in [3.8, 4) is 0 Å². The summed E-state index contributed by atoms with van der Waals surface area (Å²) in [6, 6.07) is 0.620. The number of hydrogen-bond donors (Lipinski definition) is 1. The van der Waals surface area contributed by atoms with Crippen LogP contribution in [0.3, 0.4) is 0 Å². The van der Waals surface area contributed by atoms with Crippen LogP contribution in [0.4, 0.5) is 0 Å². The van der Waals surface area contributed by atoms with Crippen LogP contribution in [0.15, 0.2) is 0 Å². The maximum Gasteiger partial charge on any atom is 0.242 e. The molecule has 2 N–H and O–H groups in total. The van der Waals surface area contributed by atoms with Crippen LogP contribution in [0.25, 0.3) is 0 Å². The molecule has 4 nitrogen and oxygen atoms in total. The number of hydrogen-bond acceptors (Lipinski definition) is 3. The number of amides is 1. The van der Waals surface area contributed by atoms with Crippen molar-refractivity contribution in [2.45, 2.75) is 51.6 Å². The summed E-state index contributed by atoms with van der Waals surface area (Å²) in [5, 5.41) is 0. The molecule has 2 unspecified atom stereocenters. The standard InChI is InChI=1S/C14H27N3O/c1-4-11(2)16-7-9-17(10-8-16)13(18)14(3,15)12-5-6-12/h11-12H,4-10,15H2,1-3H3. The summed E-state index contributed by atoms with van der Waals surface area (Å²) in [7, 11) is 0. The van der Waals surface area contributed by atoms with Crippen molar-refractivity contribution in [1.82, 2.24) is 9.80 Å². The van der Waals surface area contributed by atoms with Gasteiger partial charge in [-0.2, -0.15) is 0 Å². The molecular weight excluding hydrogens is 226 g/mol. The highest BCUT2D eigenvalue weighted by molar-refractivity contribution is 5.86. The minimum absolute atomic E-state index is 0.161. The van der Waals surface area contributed by atoms with Gasteiger partial charge in [-0.25, -0.2) is 0 Å². The Morgan fingerprint density at radius 2 is 1.89 bits per heavy atom. The molecule has 18 heavy (non-hydrogen) atoms. The van der Waals surface area contributed by atoms with Crippen LogP contribution in [0, 0.1) is 5.92 Å². The predicted octanol–water partition coefficient (Wildman–Crippen LogP) is 1.06. The van der Waals surface area contributed by atoms with Crippen molar-refractivity contribution in [1.29, 1.82) is 0 Å². The number of nitrogens with zero attached hydrogens (tertiary/aromatic N) is 2. The first kappa shape index (κ1) is 13.8. The number of carbonyl (C=O) groups is 1. The lowest BCUT2D eigenvalue weighted by Gasteiger charge is -2.40. The van der Waals surface area contributed by atoms with Gasteiger partial charge >= 0.3 is 0 Å². The largest absolute Gasteiger partial charge is 0.339 e. The topological polar surface area (TPSA) is 49.6 Å². The van der Waals surface area contributed by atoms with Crippen LogP contribution in [-0.4, -0.2) is 53.5 Å². The number of rotatable bonds is 4. The van der Waals surface area contributed by atoms with E-state index in [0.717, 1.165) is 39.0 Å². The summed E-state index contributed by atoms with van der Waals surface area (Å²) in [5.41, 5.74) is 5.59. The molecule has 1 saturated heterocycles. The normalized spacial score (nSPS) is 26.8. The minimum Gasteiger partial charge on any atom is -0.339 e. The van der Waals surface area contributed by atoms with Crippen LogP contribution in [0.2, 0.25) is 0 Å². The highest BCUT2D eigenvalue weighted by Gasteiger charge is 2.46. The molecule has 2 atom stereocenters. The third-order valence-corrected chi connectivity index (χ3v) is 4.70. The SMILES string of the molecule is CCC(C)N1CCN(C(=O)C(C)(N)C2CC2)CC1. The molecule has 1 aliphatic heterocycles. The van der Waals surface area contributed by atoms with E-state index >= 15 is 0 Å². The van der Waals surface area contributed by atoms with Crippen LogP contribution >= 0.6 is 0 Å². The average molecular weight is 253 g/mol. The number of piperazine rings is 1. The first-order valence-corrected chi connectivity index (χ1v) is 7.29. The van der Waals surface area contributed by atoms with Crippen molar-refractivity contribution in [2.75, 3.05) is 26.2 Å². The Labute approximate surface area is 110 Å². The van der Waals surface area contributed by atoms with E-state index in [9.17, 15) is 4.79 Å².